The number of guanidine groups is 1. The SMILES string of the molecule is CCNC(=NCC1(C)COC1)NC1CCCN(c2ccc(C)cc2)C1.I. The fourth-order valence-corrected chi connectivity index (χ4v) is 3.41. The van der Waals surface area contributed by atoms with E-state index in [4.69, 9.17) is 9.73 Å². The first-order valence-corrected chi connectivity index (χ1v) is 9.52. The number of ether oxygens (including phenoxy) is 1. The summed E-state index contributed by atoms with van der Waals surface area (Å²) in [6, 6.07) is 9.28. The predicted octanol–water partition coefficient (Wildman–Crippen LogP) is 3.17. The number of piperidine rings is 1. The van der Waals surface area contributed by atoms with Gasteiger partial charge in [-0.05, 0) is 38.8 Å². The third-order valence-corrected chi connectivity index (χ3v) is 5.03. The van der Waals surface area contributed by atoms with Crippen LogP contribution in [0.4, 0.5) is 5.69 Å². The lowest BCUT2D eigenvalue weighted by molar-refractivity contribution is -0.0945. The van der Waals surface area contributed by atoms with Crippen molar-refractivity contribution in [3.05, 3.63) is 29.8 Å². The maximum Gasteiger partial charge on any atom is 0.191 e. The van der Waals surface area contributed by atoms with Crippen LogP contribution in [0.5, 0.6) is 0 Å². The average Bonchev–Trinajstić information content (AvgIpc) is 2.59. The van der Waals surface area contributed by atoms with Gasteiger partial charge in [-0.2, -0.15) is 0 Å². The van der Waals surface area contributed by atoms with Gasteiger partial charge in [0.2, 0.25) is 0 Å². The first-order chi connectivity index (χ1) is 12.1. The molecular formula is C20H33IN4O. The zero-order valence-electron chi connectivity index (χ0n) is 16.3. The summed E-state index contributed by atoms with van der Waals surface area (Å²) in [4.78, 5) is 7.28. The van der Waals surface area contributed by atoms with Crippen molar-refractivity contribution in [2.75, 3.05) is 44.3 Å². The lowest BCUT2D eigenvalue weighted by atomic mass is 9.89. The van der Waals surface area contributed by atoms with Crippen molar-refractivity contribution >= 4 is 35.6 Å². The van der Waals surface area contributed by atoms with Gasteiger partial charge >= 0.3 is 0 Å². The Morgan fingerprint density at radius 1 is 1.31 bits per heavy atom. The Bertz CT molecular complexity index is 586. The van der Waals surface area contributed by atoms with Gasteiger partial charge < -0.3 is 20.3 Å². The summed E-state index contributed by atoms with van der Waals surface area (Å²) in [5, 5.41) is 7.04. The molecule has 26 heavy (non-hydrogen) atoms. The van der Waals surface area contributed by atoms with Gasteiger partial charge in [-0.15, -0.1) is 24.0 Å². The van der Waals surface area contributed by atoms with Crippen LogP contribution in [0, 0.1) is 12.3 Å². The number of hydrogen-bond donors (Lipinski definition) is 2. The number of anilines is 1. The molecule has 2 aliphatic rings. The van der Waals surface area contributed by atoms with Crippen LogP contribution < -0.4 is 15.5 Å². The molecule has 0 spiro atoms. The molecule has 1 unspecified atom stereocenters. The summed E-state index contributed by atoms with van der Waals surface area (Å²) in [6.07, 6.45) is 2.39. The number of hydrogen-bond acceptors (Lipinski definition) is 3. The van der Waals surface area contributed by atoms with Gasteiger partial charge in [0.1, 0.15) is 0 Å². The number of nitrogens with one attached hydrogen (secondary N) is 2. The number of halogens is 1. The quantitative estimate of drug-likeness (QED) is 0.393. The van der Waals surface area contributed by atoms with Crippen molar-refractivity contribution in [3.63, 3.8) is 0 Å². The van der Waals surface area contributed by atoms with Crippen molar-refractivity contribution < 1.29 is 4.74 Å². The molecule has 0 radical (unpaired) electrons. The van der Waals surface area contributed by atoms with E-state index in [1.54, 1.807) is 0 Å². The van der Waals surface area contributed by atoms with Gasteiger partial charge in [0.05, 0.1) is 19.8 Å². The van der Waals surface area contributed by atoms with Crippen LogP contribution in [0.15, 0.2) is 29.3 Å². The second-order valence-corrected chi connectivity index (χ2v) is 7.76. The molecule has 6 heteroatoms. The minimum atomic E-state index is 0. The molecule has 0 saturated carbocycles. The minimum Gasteiger partial charge on any atom is -0.380 e. The van der Waals surface area contributed by atoms with E-state index in [-0.39, 0.29) is 29.4 Å². The van der Waals surface area contributed by atoms with Crippen molar-refractivity contribution in [2.45, 2.75) is 39.7 Å². The minimum absolute atomic E-state index is 0. The highest BCUT2D eigenvalue weighted by Crippen LogP contribution is 2.26. The van der Waals surface area contributed by atoms with Crippen LogP contribution in [0.25, 0.3) is 0 Å². The molecule has 146 valence electrons. The van der Waals surface area contributed by atoms with Crippen molar-refractivity contribution in [2.24, 2.45) is 10.4 Å². The Morgan fingerprint density at radius 2 is 2.04 bits per heavy atom. The lowest BCUT2D eigenvalue weighted by Gasteiger charge is -2.37. The molecule has 5 nitrogen and oxygen atoms in total. The molecular weight excluding hydrogens is 439 g/mol. The van der Waals surface area contributed by atoms with Gasteiger partial charge in [-0.25, -0.2) is 0 Å². The Hall–Kier alpha value is -1.02. The van der Waals surface area contributed by atoms with E-state index >= 15 is 0 Å². The summed E-state index contributed by atoms with van der Waals surface area (Å²) in [5.41, 5.74) is 2.84. The number of aryl methyl sites for hydroxylation is 1. The van der Waals surface area contributed by atoms with Gasteiger partial charge in [0, 0.05) is 36.8 Å². The first kappa shape index (κ1) is 21.3. The van der Waals surface area contributed by atoms with Gasteiger partial charge in [-0.1, -0.05) is 24.6 Å². The highest BCUT2D eigenvalue weighted by atomic mass is 127. The number of aliphatic imine (C=N–C) groups is 1. The Balaban J connectivity index is 0.00000243. The molecule has 2 aliphatic heterocycles. The zero-order valence-corrected chi connectivity index (χ0v) is 18.6. The van der Waals surface area contributed by atoms with Gasteiger partial charge in [0.25, 0.3) is 0 Å². The largest absolute Gasteiger partial charge is 0.380 e. The Kier molecular flexibility index (Phi) is 8.01. The highest BCUT2D eigenvalue weighted by molar-refractivity contribution is 14.0. The van der Waals surface area contributed by atoms with Crippen LogP contribution in [-0.2, 0) is 4.74 Å². The molecule has 2 saturated heterocycles. The topological polar surface area (TPSA) is 48.9 Å². The average molecular weight is 472 g/mol. The molecule has 0 bridgehead atoms. The normalized spacial score (nSPS) is 22.2. The maximum absolute atomic E-state index is 5.33. The highest BCUT2D eigenvalue weighted by Gasteiger charge is 2.33. The molecule has 3 rings (SSSR count). The van der Waals surface area contributed by atoms with E-state index in [0.29, 0.717) is 6.04 Å². The maximum atomic E-state index is 5.33. The molecule has 1 aromatic carbocycles. The monoisotopic (exact) mass is 472 g/mol. The summed E-state index contributed by atoms with van der Waals surface area (Å²) in [7, 11) is 0. The van der Waals surface area contributed by atoms with E-state index in [9.17, 15) is 0 Å². The van der Waals surface area contributed by atoms with Crippen molar-refractivity contribution in [1.82, 2.24) is 10.6 Å². The van der Waals surface area contributed by atoms with Crippen LogP contribution in [0.3, 0.4) is 0 Å². The molecule has 2 heterocycles. The molecule has 0 aliphatic carbocycles. The van der Waals surface area contributed by atoms with Crippen LogP contribution >= 0.6 is 24.0 Å². The number of benzene rings is 1. The predicted molar refractivity (Wildman–Crippen MR) is 120 cm³/mol. The summed E-state index contributed by atoms with van der Waals surface area (Å²) in [6.45, 7) is 12.0. The Labute approximate surface area is 175 Å². The fourth-order valence-electron chi connectivity index (χ4n) is 3.41. The smallest absolute Gasteiger partial charge is 0.191 e. The number of nitrogens with zero attached hydrogens (tertiary/aromatic N) is 2. The molecule has 1 aromatic rings. The summed E-state index contributed by atoms with van der Waals surface area (Å²) >= 11 is 0. The van der Waals surface area contributed by atoms with E-state index in [1.807, 2.05) is 0 Å². The third kappa shape index (κ3) is 5.74. The second kappa shape index (κ2) is 9.78. The van der Waals surface area contributed by atoms with E-state index in [0.717, 1.165) is 45.4 Å². The Morgan fingerprint density at radius 3 is 2.65 bits per heavy atom. The van der Waals surface area contributed by atoms with Gasteiger partial charge in [-0.3, -0.25) is 4.99 Å². The van der Waals surface area contributed by atoms with Crippen LogP contribution in [0.2, 0.25) is 0 Å². The van der Waals surface area contributed by atoms with E-state index in [2.05, 4.69) is 60.6 Å². The van der Waals surface area contributed by atoms with E-state index in [1.165, 1.54) is 24.1 Å². The first-order valence-electron chi connectivity index (χ1n) is 9.52. The molecule has 0 aromatic heterocycles. The zero-order chi connectivity index (χ0) is 17.7. The third-order valence-electron chi connectivity index (χ3n) is 5.03. The fraction of sp³-hybridized carbons (Fsp3) is 0.650. The molecule has 1 atom stereocenters. The standard InChI is InChI=1S/C20H32N4O.HI/c1-4-21-19(22-13-20(3)14-25-15-20)23-17-6-5-11-24(12-17)18-9-7-16(2)8-10-18;/h7-10,17H,4-6,11-15H2,1-3H3,(H2,21,22,23);1H. The second-order valence-electron chi connectivity index (χ2n) is 7.76. The molecule has 2 N–H and O–H groups in total. The molecule has 0 amide bonds. The van der Waals surface area contributed by atoms with E-state index < -0.39 is 0 Å². The summed E-state index contributed by atoms with van der Waals surface area (Å²) < 4.78 is 5.33. The van der Waals surface area contributed by atoms with Crippen molar-refractivity contribution in [3.8, 4) is 0 Å². The van der Waals surface area contributed by atoms with Crippen LogP contribution in [0.1, 0.15) is 32.3 Å². The molecule has 2 fully saturated rings. The van der Waals surface area contributed by atoms with Crippen LogP contribution in [-0.4, -0.2) is 51.4 Å². The number of rotatable bonds is 5. The van der Waals surface area contributed by atoms with Gasteiger partial charge in [0.15, 0.2) is 5.96 Å². The van der Waals surface area contributed by atoms with Crippen molar-refractivity contribution in [1.29, 1.82) is 0 Å². The summed E-state index contributed by atoms with van der Waals surface area (Å²) in [5.74, 6) is 0.936. The lowest BCUT2D eigenvalue weighted by Crippen LogP contribution is -2.52.